The summed E-state index contributed by atoms with van der Waals surface area (Å²) in [5.41, 5.74) is 9.93. The summed E-state index contributed by atoms with van der Waals surface area (Å²) in [7, 11) is -1.43. The molecule has 0 aliphatic heterocycles. The van der Waals surface area contributed by atoms with Gasteiger partial charge in [-0.25, -0.2) is 0 Å². The van der Waals surface area contributed by atoms with Gasteiger partial charge in [-0.05, 0) is 53.0 Å². The molecule has 5 heteroatoms. The summed E-state index contributed by atoms with van der Waals surface area (Å²) in [6.45, 7) is 7.15. The predicted molar refractivity (Wildman–Crippen MR) is 207 cm³/mol. The first kappa shape index (κ1) is 35.7. The SMILES string of the molecule is C[Si](C)(C)c1cnc(-c2[c-]cccc2)cc1Cc1ccccc1.[Ir].[c-]1ccc2c(oc3ccccc32)c1-c1cc(CC2CCCCC2)ccn1. The minimum Gasteiger partial charge on any atom is -0.501 e. The Morgan fingerprint density at radius 3 is 2.28 bits per heavy atom. The summed E-state index contributed by atoms with van der Waals surface area (Å²) in [5, 5.41) is 3.73. The van der Waals surface area contributed by atoms with E-state index in [0.29, 0.717) is 0 Å². The number of hydrogen-bond donors (Lipinski definition) is 0. The van der Waals surface area contributed by atoms with Gasteiger partial charge in [0.15, 0.2) is 0 Å². The van der Waals surface area contributed by atoms with Crippen molar-refractivity contribution in [1.82, 2.24) is 9.97 Å². The molecule has 1 saturated carbocycles. The number of fused-ring (bicyclic) bond motifs is 3. The first-order valence-electron chi connectivity index (χ1n) is 17.7. The molecular weight excluding hydrogens is 805 g/mol. The van der Waals surface area contributed by atoms with Crippen LogP contribution in [-0.4, -0.2) is 18.0 Å². The van der Waals surface area contributed by atoms with Crippen molar-refractivity contribution in [3.63, 3.8) is 0 Å². The molecule has 1 aliphatic rings. The van der Waals surface area contributed by atoms with Gasteiger partial charge >= 0.3 is 0 Å². The molecule has 1 radical (unpaired) electrons. The van der Waals surface area contributed by atoms with Gasteiger partial charge in [0, 0.05) is 37.9 Å². The van der Waals surface area contributed by atoms with Crippen molar-refractivity contribution in [1.29, 1.82) is 0 Å². The number of nitrogens with zero attached hydrogens (tertiary/aromatic N) is 2. The Balaban J connectivity index is 0.000000171. The van der Waals surface area contributed by atoms with Crippen LogP contribution in [0.25, 0.3) is 44.5 Å². The number of benzene rings is 4. The third-order valence-electron chi connectivity index (χ3n) is 9.69. The van der Waals surface area contributed by atoms with Crippen molar-refractivity contribution in [2.75, 3.05) is 0 Å². The van der Waals surface area contributed by atoms with Crippen LogP contribution in [0.3, 0.4) is 0 Å². The van der Waals surface area contributed by atoms with Crippen molar-refractivity contribution >= 4 is 35.2 Å². The molecular formula is C45H44IrN2OSi-2. The van der Waals surface area contributed by atoms with E-state index in [4.69, 9.17) is 9.40 Å². The monoisotopic (exact) mass is 849 g/mol. The van der Waals surface area contributed by atoms with Gasteiger partial charge in [-0.3, -0.25) is 0 Å². The average molecular weight is 849 g/mol. The van der Waals surface area contributed by atoms with Crippen LogP contribution in [0.1, 0.15) is 48.8 Å². The Labute approximate surface area is 311 Å². The molecule has 3 aromatic heterocycles. The fourth-order valence-corrected chi connectivity index (χ4v) is 8.75. The number of hydrogen-bond acceptors (Lipinski definition) is 3. The average Bonchev–Trinajstić information content (AvgIpc) is 3.52. The van der Waals surface area contributed by atoms with Crippen molar-refractivity contribution in [2.24, 2.45) is 5.92 Å². The number of rotatable bonds is 7. The molecule has 4 aromatic carbocycles. The van der Waals surface area contributed by atoms with Crippen LogP contribution in [0.15, 0.2) is 126 Å². The molecule has 0 saturated heterocycles. The van der Waals surface area contributed by atoms with E-state index in [-0.39, 0.29) is 20.1 Å². The smallest absolute Gasteiger partial charge is 0.120 e. The van der Waals surface area contributed by atoms with Crippen LogP contribution in [0.2, 0.25) is 19.6 Å². The standard InChI is InChI=1S/C24H22NO.C21H22NSi.Ir/c1-2-7-17(8-3-1)15-18-13-14-25-22(16-18)21-11-6-10-20-19-9-4-5-12-23(19)26-24(20)21;1-23(2,3)21-16-22-20(18-12-8-5-9-13-18)15-19(21)14-17-10-6-4-7-11-17;/h4-6,9-10,12-14,16-17H,1-3,7-8,15H2;4-12,15-16H,14H2,1-3H3;/q2*-1;. The zero-order chi connectivity index (χ0) is 33.6. The van der Waals surface area contributed by atoms with Crippen LogP contribution in [0, 0.1) is 18.1 Å². The van der Waals surface area contributed by atoms with Gasteiger partial charge in [-0.1, -0.05) is 134 Å². The van der Waals surface area contributed by atoms with E-state index >= 15 is 0 Å². The molecule has 0 spiro atoms. The summed E-state index contributed by atoms with van der Waals surface area (Å²) in [6.07, 6.45) is 13.0. The summed E-state index contributed by atoms with van der Waals surface area (Å²) in [5.74, 6) is 0.824. The Morgan fingerprint density at radius 1 is 0.720 bits per heavy atom. The van der Waals surface area contributed by atoms with Gasteiger partial charge in [-0.2, -0.15) is 0 Å². The van der Waals surface area contributed by atoms with Crippen molar-refractivity contribution in [2.45, 2.75) is 64.6 Å². The van der Waals surface area contributed by atoms with Gasteiger partial charge in [0.25, 0.3) is 0 Å². The minimum atomic E-state index is -1.43. The van der Waals surface area contributed by atoms with E-state index in [0.717, 1.165) is 63.2 Å². The molecule has 3 nitrogen and oxygen atoms in total. The molecule has 0 unspecified atom stereocenters. The second kappa shape index (κ2) is 16.2. The zero-order valence-corrected chi connectivity index (χ0v) is 32.6. The number of para-hydroxylation sites is 1. The van der Waals surface area contributed by atoms with Crippen LogP contribution in [0.4, 0.5) is 0 Å². The van der Waals surface area contributed by atoms with Gasteiger partial charge in [0.2, 0.25) is 0 Å². The van der Waals surface area contributed by atoms with E-state index in [1.165, 1.54) is 54.0 Å². The zero-order valence-electron chi connectivity index (χ0n) is 29.2. The maximum Gasteiger partial charge on any atom is 0.120 e. The quantitative estimate of drug-likeness (QED) is 0.118. The summed E-state index contributed by atoms with van der Waals surface area (Å²) in [6, 6.07) is 44.3. The maximum absolute atomic E-state index is 6.16. The third kappa shape index (κ3) is 8.41. The van der Waals surface area contributed by atoms with Crippen molar-refractivity contribution in [3.05, 3.63) is 150 Å². The third-order valence-corrected chi connectivity index (χ3v) is 11.8. The first-order valence-corrected chi connectivity index (χ1v) is 21.2. The normalized spacial score (nSPS) is 13.4. The number of furan rings is 1. The molecule has 0 bridgehead atoms. The molecule has 50 heavy (non-hydrogen) atoms. The van der Waals surface area contributed by atoms with Crippen molar-refractivity contribution in [3.8, 4) is 22.5 Å². The molecule has 7 aromatic rings. The van der Waals surface area contributed by atoms with Crippen molar-refractivity contribution < 1.29 is 24.5 Å². The van der Waals surface area contributed by atoms with E-state index in [1.54, 1.807) is 0 Å². The van der Waals surface area contributed by atoms with Gasteiger partial charge < -0.3 is 14.4 Å². The second-order valence-corrected chi connectivity index (χ2v) is 19.4. The summed E-state index contributed by atoms with van der Waals surface area (Å²) >= 11 is 0. The second-order valence-electron chi connectivity index (χ2n) is 14.4. The minimum absolute atomic E-state index is 0. The Morgan fingerprint density at radius 2 is 1.50 bits per heavy atom. The molecule has 0 atom stereocenters. The van der Waals surface area contributed by atoms with Crippen LogP contribution < -0.4 is 5.19 Å². The molecule has 0 N–H and O–H groups in total. The van der Waals surface area contributed by atoms with Gasteiger partial charge in [0.1, 0.15) is 5.58 Å². The Hall–Kier alpha value is -4.15. The predicted octanol–water partition coefficient (Wildman–Crippen LogP) is 11.3. The molecule has 8 rings (SSSR count). The molecule has 1 aliphatic carbocycles. The molecule has 3 heterocycles. The fraction of sp³-hybridized carbons (Fsp3) is 0.244. The van der Waals surface area contributed by atoms with E-state index in [9.17, 15) is 0 Å². The Kier molecular flexibility index (Phi) is 11.6. The molecule has 1 fully saturated rings. The first-order chi connectivity index (χ1) is 23.9. The van der Waals surface area contributed by atoms with Crippen LogP contribution in [-0.2, 0) is 32.9 Å². The van der Waals surface area contributed by atoms with E-state index in [2.05, 4.69) is 116 Å². The summed E-state index contributed by atoms with van der Waals surface area (Å²) < 4.78 is 6.16. The van der Waals surface area contributed by atoms with E-state index in [1.807, 2.05) is 42.6 Å². The van der Waals surface area contributed by atoms with Gasteiger partial charge in [-0.15, -0.1) is 54.1 Å². The fourth-order valence-electron chi connectivity index (χ4n) is 7.18. The number of aromatic nitrogens is 2. The number of pyridine rings is 2. The Bertz CT molecular complexity index is 2150. The topological polar surface area (TPSA) is 38.9 Å². The van der Waals surface area contributed by atoms with Crippen LogP contribution in [0.5, 0.6) is 0 Å². The summed E-state index contributed by atoms with van der Waals surface area (Å²) in [4.78, 5) is 9.35. The van der Waals surface area contributed by atoms with Gasteiger partial charge in [0.05, 0.1) is 13.7 Å². The largest absolute Gasteiger partial charge is 0.501 e. The van der Waals surface area contributed by atoms with Crippen LogP contribution >= 0.6 is 0 Å². The maximum atomic E-state index is 6.16. The molecule has 255 valence electrons. The van der Waals surface area contributed by atoms with E-state index < -0.39 is 8.07 Å². The molecule has 0 amide bonds.